The molecule has 0 aromatic carbocycles. The Bertz CT molecular complexity index is 856. The minimum absolute atomic E-state index is 0.0632. The molecule has 2 atom stereocenters. The van der Waals surface area contributed by atoms with Gasteiger partial charge in [-0.25, -0.2) is 15.0 Å². The third-order valence-corrected chi connectivity index (χ3v) is 5.98. The lowest BCUT2D eigenvalue weighted by Gasteiger charge is -2.16. The number of hydrogen-bond acceptors (Lipinski definition) is 8. The second-order valence-corrected chi connectivity index (χ2v) is 7.89. The third kappa shape index (κ3) is 4.32. The Morgan fingerprint density at radius 1 is 0.840 bits per heavy atom. The van der Waals surface area contributed by atoms with E-state index in [2.05, 4.69) is 49.8 Å². The molecule has 0 aliphatic rings. The summed E-state index contributed by atoms with van der Waals surface area (Å²) < 4.78 is 0. The molecule has 0 amide bonds. The van der Waals surface area contributed by atoms with Crippen LogP contribution in [0.3, 0.4) is 0 Å². The van der Waals surface area contributed by atoms with Gasteiger partial charge < -0.3 is 10.6 Å². The maximum Gasteiger partial charge on any atom is 0.225 e. The Morgan fingerprint density at radius 2 is 1.40 bits per heavy atom. The fraction of sp³-hybridized carbons (Fsp3) is 0.412. The van der Waals surface area contributed by atoms with Gasteiger partial charge in [0.05, 0.1) is 12.1 Å². The van der Waals surface area contributed by atoms with Crippen LogP contribution >= 0.6 is 22.7 Å². The van der Waals surface area contributed by atoms with Crippen LogP contribution in [0, 0.1) is 20.8 Å². The van der Waals surface area contributed by atoms with Crippen LogP contribution in [-0.4, -0.2) is 19.9 Å². The van der Waals surface area contributed by atoms with Gasteiger partial charge in [-0.2, -0.15) is 4.98 Å². The second kappa shape index (κ2) is 7.45. The first-order chi connectivity index (χ1) is 11.9. The molecule has 3 heterocycles. The van der Waals surface area contributed by atoms with E-state index in [1.807, 2.05) is 32.3 Å². The van der Waals surface area contributed by atoms with Crippen LogP contribution in [-0.2, 0) is 0 Å². The lowest BCUT2D eigenvalue weighted by atomic mass is 10.3. The van der Waals surface area contributed by atoms with E-state index in [4.69, 9.17) is 0 Å². The fourth-order valence-corrected chi connectivity index (χ4v) is 3.93. The minimum atomic E-state index is 0.0632. The number of nitrogens with one attached hydrogen (secondary N) is 2. The molecule has 8 heteroatoms. The molecule has 0 aliphatic heterocycles. The Labute approximate surface area is 155 Å². The lowest BCUT2D eigenvalue weighted by molar-refractivity contribution is 0.829. The summed E-state index contributed by atoms with van der Waals surface area (Å²) >= 11 is 3.30. The van der Waals surface area contributed by atoms with Crippen molar-refractivity contribution in [2.75, 3.05) is 10.6 Å². The monoisotopic (exact) mass is 374 g/mol. The molecule has 0 aliphatic carbocycles. The molecule has 3 aromatic heterocycles. The van der Waals surface area contributed by atoms with E-state index < -0.39 is 0 Å². The van der Waals surface area contributed by atoms with Crippen molar-refractivity contribution >= 4 is 34.4 Å². The van der Waals surface area contributed by atoms with Crippen molar-refractivity contribution in [3.63, 3.8) is 0 Å². The number of nitrogens with zero attached hydrogens (tertiary/aromatic N) is 4. The van der Waals surface area contributed by atoms with Gasteiger partial charge in [0, 0.05) is 33.9 Å². The molecular weight excluding hydrogens is 352 g/mol. The molecule has 2 N–H and O–H groups in total. The first-order valence-corrected chi connectivity index (χ1v) is 9.89. The molecule has 2 unspecified atom stereocenters. The van der Waals surface area contributed by atoms with Crippen LogP contribution in [0.4, 0.5) is 11.8 Å². The maximum atomic E-state index is 4.64. The van der Waals surface area contributed by atoms with Crippen molar-refractivity contribution in [3.05, 3.63) is 43.9 Å². The highest BCUT2D eigenvalue weighted by Gasteiger charge is 2.14. The zero-order chi connectivity index (χ0) is 18.0. The standard InChI is InChI=1S/C17H22N6S2/c1-9-6-18-17(22-13(5)16-20-11(3)8-25-16)23-14(9)21-12(4)15-19-10(2)7-24-15/h6-8,12-13H,1-5H3,(H2,18,21,22,23). The Hall–Kier alpha value is -2.06. The molecule has 0 bridgehead atoms. The normalized spacial score (nSPS) is 13.5. The number of rotatable bonds is 6. The minimum Gasteiger partial charge on any atom is -0.361 e. The van der Waals surface area contributed by atoms with Gasteiger partial charge in [0.15, 0.2) is 0 Å². The van der Waals surface area contributed by atoms with E-state index in [9.17, 15) is 0 Å². The van der Waals surface area contributed by atoms with Crippen LogP contribution in [0.1, 0.15) is 52.9 Å². The largest absolute Gasteiger partial charge is 0.361 e. The number of anilines is 2. The van der Waals surface area contributed by atoms with E-state index in [-0.39, 0.29) is 12.1 Å². The summed E-state index contributed by atoms with van der Waals surface area (Å²) in [5.74, 6) is 1.41. The van der Waals surface area contributed by atoms with Gasteiger partial charge in [0.1, 0.15) is 15.8 Å². The van der Waals surface area contributed by atoms with Crippen molar-refractivity contribution in [3.8, 4) is 0 Å². The van der Waals surface area contributed by atoms with E-state index >= 15 is 0 Å². The van der Waals surface area contributed by atoms with Gasteiger partial charge in [-0.3, -0.25) is 0 Å². The molecule has 3 aromatic rings. The molecule has 6 nitrogen and oxygen atoms in total. The molecule has 3 rings (SSSR count). The summed E-state index contributed by atoms with van der Waals surface area (Å²) in [5, 5.41) is 13.0. The van der Waals surface area contributed by atoms with Gasteiger partial charge in [-0.05, 0) is 34.6 Å². The summed E-state index contributed by atoms with van der Waals surface area (Å²) in [6.07, 6.45) is 1.83. The molecular formula is C17H22N6S2. The first-order valence-electron chi connectivity index (χ1n) is 8.13. The van der Waals surface area contributed by atoms with Crippen LogP contribution < -0.4 is 10.6 Å². The summed E-state index contributed by atoms with van der Waals surface area (Å²) in [7, 11) is 0. The topological polar surface area (TPSA) is 75.6 Å². The number of thiazole rings is 2. The Balaban J connectivity index is 1.73. The molecule has 0 spiro atoms. The molecule has 0 radical (unpaired) electrons. The van der Waals surface area contributed by atoms with Crippen LogP contribution in [0.2, 0.25) is 0 Å². The average molecular weight is 375 g/mol. The zero-order valence-corrected chi connectivity index (χ0v) is 16.6. The van der Waals surface area contributed by atoms with Gasteiger partial charge >= 0.3 is 0 Å². The highest BCUT2D eigenvalue weighted by molar-refractivity contribution is 7.10. The van der Waals surface area contributed by atoms with Crippen molar-refractivity contribution < 1.29 is 0 Å². The van der Waals surface area contributed by atoms with Crippen molar-refractivity contribution in [2.45, 2.75) is 46.7 Å². The van der Waals surface area contributed by atoms with Crippen molar-refractivity contribution in [1.29, 1.82) is 0 Å². The van der Waals surface area contributed by atoms with Gasteiger partial charge in [-0.15, -0.1) is 22.7 Å². The summed E-state index contributed by atoms with van der Waals surface area (Å²) in [4.78, 5) is 18.1. The highest BCUT2D eigenvalue weighted by Crippen LogP contribution is 2.25. The Morgan fingerprint density at radius 3 is 1.92 bits per heavy atom. The molecule has 0 fully saturated rings. The lowest BCUT2D eigenvalue weighted by Crippen LogP contribution is -2.13. The molecule has 0 saturated carbocycles. The molecule has 25 heavy (non-hydrogen) atoms. The molecule has 0 saturated heterocycles. The van der Waals surface area contributed by atoms with Crippen LogP contribution in [0.5, 0.6) is 0 Å². The second-order valence-electron chi connectivity index (χ2n) is 6.11. The number of aromatic nitrogens is 4. The van der Waals surface area contributed by atoms with E-state index in [1.54, 1.807) is 22.7 Å². The highest BCUT2D eigenvalue weighted by atomic mass is 32.1. The zero-order valence-electron chi connectivity index (χ0n) is 15.0. The van der Waals surface area contributed by atoms with E-state index in [0.717, 1.165) is 32.8 Å². The summed E-state index contributed by atoms with van der Waals surface area (Å²) in [6.45, 7) is 10.2. The third-order valence-electron chi connectivity index (χ3n) is 3.68. The van der Waals surface area contributed by atoms with Gasteiger partial charge in [0.25, 0.3) is 0 Å². The van der Waals surface area contributed by atoms with Crippen molar-refractivity contribution in [1.82, 2.24) is 19.9 Å². The summed E-state index contributed by atoms with van der Waals surface area (Å²) in [6, 6.07) is 0.160. The number of aryl methyl sites for hydroxylation is 3. The number of hydrogen-bond donors (Lipinski definition) is 2. The van der Waals surface area contributed by atoms with E-state index in [0.29, 0.717) is 5.95 Å². The predicted octanol–water partition coefficient (Wildman–Crippen LogP) is 4.66. The smallest absolute Gasteiger partial charge is 0.225 e. The fourth-order valence-electron chi connectivity index (χ4n) is 2.32. The predicted molar refractivity (Wildman–Crippen MR) is 105 cm³/mol. The van der Waals surface area contributed by atoms with Crippen molar-refractivity contribution in [2.24, 2.45) is 0 Å². The van der Waals surface area contributed by atoms with Crippen LogP contribution in [0.25, 0.3) is 0 Å². The average Bonchev–Trinajstić information content (AvgIpc) is 3.19. The van der Waals surface area contributed by atoms with E-state index in [1.165, 1.54) is 0 Å². The quantitative estimate of drug-likeness (QED) is 0.653. The Kier molecular flexibility index (Phi) is 5.29. The van der Waals surface area contributed by atoms with Crippen LogP contribution in [0.15, 0.2) is 17.0 Å². The maximum absolute atomic E-state index is 4.64. The first kappa shape index (κ1) is 17.8. The van der Waals surface area contributed by atoms with Gasteiger partial charge in [0.2, 0.25) is 5.95 Å². The summed E-state index contributed by atoms with van der Waals surface area (Å²) in [5.41, 5.74) is 3.08. The van der Waals surface area contributed by atoms with Gasteiger partial charge in [-0.1, -0.05) is 0 Å². The SMILES string of the molecule is Cc1csc(C(C)Nc2ncc(C)c(NC(C)c3nc(C)cs3)n2)n1. The molecule has 132 valence electrons.